The van der Waals surface area contributed by atoms with Crippen molar-refractivity contribution < 1.29 is 13.2 Å². The van der Waals surface area contributed by atoms with Crippen LogP contribution in [0.4, 0.5) is 5.69 Å². The fraction of sp³-hybridized carbons (Fsp3) is 0.308. The van der Waals surface area contributed by atoms with Gasteiger partial charge in [0.1, 0.15) is 17.9 Å². The van der Waals surface area contributed by atoms with Crippen LogP contribution in [0.2, 0.25) is 0 Å². The monoisotopic (exact) mass is 321 g/mol. The third-order valence-corrected chi connectivity index (χ3v) is 4.86. The molecule has 1 atom stereocenters. The van der Waals surface area contributed by atoms with Crippen molar-refractivity contribution in [1.29, 1.82) is 0 Å². The summed E-state index contributed by atoms with van der Waals surface area (Å²) in [7, 11) is -3.70. The molecule has 2 heterocycles. The zero-order valence-electron chi connectivity index (χ0n) is 11.7. The quantitative estimate of drug-likeness (QED) is 0.832. The minimum absolute atomic E-state index is 0.0699. The largest absolute Gasteiger partial charge is 0.311 e. The van der Waals surface area contributed by atoms with Gasteiger partial charge in [-0.1, -0.05) is 12.1 Å². The van der Waals surface area contributed by atoms with Crippen LogP contribution in [0.15, 0.2) is 36.9 Å². The number of rotatable bonds is 4. The third kappa shape index (κ3) is 3.00. The van der Waals surface area contributed by atoms with E-state index in [9.17, 15) is 13.2 Å². The van der Waals surface area contributed by atoms with E-state index in [4.69, 9.17) is 5.14 Å². The molecule has 22 heavy (non-hydrogen) atoms. The summed E-state index contributed by atoms with van der Waals surface area (Å²) >= 11 is 0. The molecule has 1 fully saturated rings. The number of sulfonamides is 1. The highest BCUT2D eigenvalue weighted by molar-refractivity contribution is 7.89. The summed E-state index contributed by atoms with van der Waals surface area (Å²) < 4.78 is 24.4. The van der Waals surface area contributed by atoms with Gasteiger partial charge in [0, 0.05) is 18.7 Å². The number of carbonyl (C=O) groups is 1. The number of nitrogens with two attached hydrogens (primary N) is 1. The van der Waals surface area contributed by atoms with Crippen LogP contribution in [0.1, 0.15) is 12.0 Å². The number of aromatic nitrogens is 3. The Morgan fingerprint density at radius 2 is 2.00 bits per heavy atom. The van der Waals surface area contributed by atoms with Crippen LogP contribution in [0.3, 0.4) is 0 Å². The summed E-state index contributed by atoms with van der Waals surface area (Å²) in [4.78, 5) is 17.3. The number of anilines is 1. The molecule has 1 unspecified atom stereocenters. The minimum Gasteiger partial charge on any atom is -0.311 e. The predicted octanol–water partition coefficient (Wildman–Crippen LogP) is -0.280. The number of nitrogens with zero attached hydrogens (tertiary/aromatic N) is 4. The minimum atomic E-state index is -3.70. The van der Waals surface area contributed by atoms with E-state index >= 15 is 0 Å². The summed E-state index contributed by atoms with van der Waals surface area (Å²) in [6.45, 7) is 0.675. The molecule has 0 spiro atoms. The number of benzene rings is 1. The van der Waals surface area contributed by atoms with Crippen LogP contribution in [-0.4, -0.2) is 40.9 Å². The van der Waals surface area contributed by atoms with Crippen LogP contribution < -0.4 is 10.0 Å². The van der Waals surface area contributed by atoms with E-state index < -0.39 is 15.3 Å². The average Bonchev–Trinajstić information content (AvgIpc) is 3.09. The Labute approximate surface area is 127 Å². The van der Waals surface area contributed by atoms with Crippen molar-refractivity contribution in [3.63, 3.8) is 0 Å². The van der Waals surface area contributed by atoms with Crippen molar-refractivity contribution in [2.45, 2.75) is 18.2 Å². The van der Waals surface area contributed by atoms with Crippen molar-refractivity contribution in [1.82, 2.24) is 14.8 Å². The molecule has 0 saturated carbocycles. The third-order valence-electron chi connectivity index (χ3n) is 3.61. The van der Waals surface area contributed by atoms with Gasteiger partial charge < -0.3 is 4.90 Å². The molecule has 3 rings (SSSR count). The van der Waals surface area contributed by atoms with Gasteiger partial charge in [0.05, 0.1) is 6.54 Å². The fourth-order valence-corrected chi connectivity index (χ4v) is 3.16. The summed E-state index contributed by atoms with van der Waals surface area (Å²) in [5.41, 5.74) is 1.67. The Morgan fingerprint density at radius 1 is 1.27 bits per heavy atom. The van der Waals surface area contributed by atoms with Crippen molar-refractivity contribution in [3.05, 3.63) is 42.5 Å². The Morgan fingerprint density at radius 3 is 2.55 bits per heavy atom. The van der Waals surface area contributed by atoms with E-state index in [1.807, 2.05) is 12.1 Å². The molecule has 0 radical (unpaired) electrons. The predicted molar refractivity (Wildman–Crippen MR) is 79.4 cm³/mol. The highest BCUT2D eigenvalue weighted by Crippen LogP contribution is 2.24. The van der Waals surface area contributed by atoms with Gasteiger partial charge in [-0.05, 0) is 17.7 Å². The van der Waals surface area contributed by atoms with Crippen molar-refractivity contribution >= 4 is 21.6 Å². The molecule has 116 valence electrons. The van der Waals surface area contributed by atoms with Crippen molar-refractivity contribution in [2.75, 3.05) is 11.4 Å². The average molecular weight is 321 g/mol. The lowest BCUT2D eigenvalue weighted by Crippen LogP contribution is -2.32. The first-order valence-corrected chi connectivity index (χ1v) is 8.28. The van der Waals surface area contributed by atoms with Gasteiger partial charge in [-0.3, -0.25) is 4.79 Å². The first-order valence-electron chi connectivity index (χ1n) is 6.67. The number of amides is 1. The van der Waals surface area contributed by atoms with Gasteiger partial charge in [-0.25, -0.2) is 23.2 Å². The molecule has 2 aromatic rings. The first kappa shape index (κ1) is 14.7. The second-order valence-electron chi connectivity index (χ2n) is 5.18. The van der Waals surface area contributed by atoms with E-state index in [-0.39, 0.29) is 18.9 Å². The van der Waals surface area contributed by atoms with Gasteiger partial charge in [0.2, 0.25) is 15.9 Å². The van der Waals surface area contributed by atoms with Crippen LogP contribution in [0.5, 0.6) is 0 Å². The van der Waals surface area contributed by atoms with Gasteiger partial charge in [-0.15, -0.1) is 0 Å². The second kappa shape index (κ2) is 5.50. The van der Waals surface area contributed by atoms with Crippen LogP contribution in [0.25, 0.3) is 0 Å². The molecular weight excluding hydrogens is 306 g/mol. The maximum absolute atomic E-state index is 12.0. The summed E-state index contributed by atoms with van der Waals surface area (Å²) in [5.74, 6) is -0.233. The number of primary sulfonamides is 1. The highest BCUT2D eigenvalue weighted by Gasteiger charge is 2.37. The SMILES string of the molecule is NS(=O)(=O)C1CC(=O)N(c2ccc(Cn3cncn3)cc2)C1. The first-order chi connectivity index (χ1) is 10.4. The highest BCUT2D eigenvalue weighted by atomic mass is 32.2. The smallest absolute Gasteiger partial charge is 0.228 e. The van der Waals surface area contributed by atoms with Gasteiger partial charge in [0.15, 0.2) is 0 Å². The topological polar surface area (TPSA) is 111 Å². The Hall–Kier alpha value is -2.26. The molecule has 2 N–H and O–H groups in total. The molecule has 1 amide bonds. The zero-order chi connectivity index (χ0) is 15.7. The lowest BCUT2D eigenvalue weighted by Gasteiger charge is -2.16. The van der Waals surface area contributed by atoms with Gasteiger partial charge in [0.25, 0.3) is 0 Å². The van der Waals surface area contributed by atoms with Crippen molar-refractivity contribution in [2.24, 2.45) is 5.14 Å². The molecular formula is C13H15N5O3S. The van der Waals surface area contributed by atoms with E-state index in [1.54, 1.807) is 23.1 Å². The summed E-state index contributed by atoms with van der Waals surface area (Å²) in [5, 5.41) is 8.30. The summed E-state index contributed by atoms with van der Waals surface area (Å²) in [6.07, 6.45) is 3.01. The molecule has 9 heteroatoms. The number of carbonyl (C=O) groups excluding carboxylic acids is 1. The number of hydrogen-bond acceptors (Lipinski definition) is 5. The summed E-state index contributed by atoms with van der Waals surface area (Å²) in [6, 6.07) is 7.31. The fourth-order valence-electron chi connectivity index (χ4n) is 2.43. The maximum atomic E-state index is 12.0. The molecule has 1 aliphatic rings. The molecule has 8 nitrogen and oxygen atoms in total. The standard InChI is InChI=1S/C13H15N5O3S/c14-22(20,21)12-5-13(19)18(7-12)11-3-1-10(2-4-11)6-17-9-15-8-16-17/h1-4,8-9,12H,5-7H2,(H2,14,20,21). The van der Waals surface area contributed by atoms with Crippen molar-refractivity contribution in [3.8, 4) is 0 Å². The van der Waals surface area contributed by atoms with E-state index in [0.717, 1.165) is 5.56 Å². The normalized spacial score (nSPS) is 18.9. The number of hydrogen-bond donors (Lipinski definition) is 1. The van der Waals surface area contributed by atoms with E-state index in [2.05, 4.69) is 10.1 Å². The van der Waals surface area contributed by atoms with Gasteiger partial charge in [-0.2, -0.15) is 5.10 Å². The molecule has 1 aliphatic heterocycles. The lowest BCUT2D eigenvalue weighted by molar-refractivity contribution is -0.117. The second-order valence-corrected chi connectivity index (χ2v) is 7.02. The lowest BCUT2D eigenvalue weighted by atomic mass is 10.2. The molecule has 1 aromatic carbocycles. The Balaban J connectivity index is 1.74. The molecule has 1 aromatic heterocycles. The van der Waals surface area contributed by atoms with Crippen LogP contribution >= 0.6 is 0 Å². The Bertz CT molecular complexity index is 771. The van der Waals surface area contributed by atoms with Crippen LogP contribution in [-0.2, 0) is 21.4 Å². The zero-order valence-corrected chi connectivity index (χ0v) is 12.5. The molecule has 1 saturated heterocycles. The van der Waals surface area contributed by atoms with Crippen LogP contribution in [0, 0.1) is 0 Å². The maximum Gasteiger partial charge on any atom is 0.228 e. The van der Waals surface area contributed by atoms with E-state index in [1.165, 1.54) is 11.2 Å². The Kier molecular flexibility index (Phi) is 3.67. The van der Waals surface area contributed by atoms with Gasteiger partial charge >= 0.3 is 0 Å². The van der Waals surface area contributed by atoms with E-state index in [0.29, 0.717) is 12.2 Å². The molecule has 0 bridgehead atoms. The molecule has 0 aliphatic carbocycles.